The molecule has 0 radical (unpaired) electrons. The summed E-state index contributed by atoms with van der Waals surface area (Å²) < 4.78 is 1.75. The van der Waals surface area contributed by atoms with Crippen LogP contribution >= 0.6 is 11.8 Å². The maximum atomic E-state index is 10.9. The number of hydrogen-bond donors (Lipinski definition) is 2. The molecule has 0 aliphatic rings. The summed E-state index contributed by atoms with van der Waals surface area (Å²) in [4.78, 5) is 14.9. The van der Waals surface area contributed by atoms with Crippen molar-refractivity contribution in [1.82, 2.24) is 9.55 Å². The van der Waals surface area contributed by atoms with E-state index in [1.807, 2.05) is 0 Å². The Morgan fingerprint density at radius 2 is 2.40 bits per heavy atom. The maximum absolute atomic E-state index is 10.9. The third kappa shape index (κ3) is 3.56. The summed E-state index contributed by atoms with van der Waals surface area (Å²) in [6.45, 7) is 1.58. The number of aromatic nitrogens is 2. The molecule has 6 heteroatoms. The van der Waals surface area contributed by atoms with Gasteiger partial charge in [0.1, 0.15) is 5.25 Å². The minimum absolute atomic E-state index is 0.215. The van der Waals surface area contributed by atoms with Gasteiger partial charge < -0.3 is 14.8 Å². The number of rotatable bonds is 5. The van der Waals surface area contributed by atoms with Crippen LogP contribution in [0.15, 0.2) is 17.6 Å². The van der Waals surface area contributed by atoms with E-state index in [1.54, 1.807) is 30.9 Å². The molecule has 5 nitrogen and oxygen atoms in total. The first-order valence-electron chi connectivity index (χ1n) is 4.55. The monoisotopic (exact) mass is 230 g/mol. The lowest BCUT2D eigenvalue weighted by Crippen LogP contribution is -2.22. The van der Waals surface area contributed by atoms with Crippen molar-refractivity contribution in [3.8, 4) is 0 Å². The maximum Gasteiger partial charge on any atom is 0.317 e. The van der Waals surface area contributed by atoms with Crippen molar-refractivity contribution in [3.63, 3.8) is 0 Å². The van der Waals surface area contributed by atoms with Gasteiger partial charge in [0.2, 0.25) is 0 Å². The Labute approximate surface area is 92.1 Å². The molecule has 0 spiro atoms. The second-order valence-corrected chi connectivity index (χ2v) is 4.52. The molecule has 1 aromatic rings. The fourth-order valence-electron chi connectivity index (χ4n) is 1.10. The number of carboxylic acid groups (broad SMARTS) is 1. The second-order valence-electron chi connectivity index (χ2n) is 3.35. The zero-order valence-corrected chi connectivity index (χ0v) is 9.44. The van der Waals surface area contributed by atoms with Crippen molar-refractivity contribution in [1.29, 1.82) is 0 Å². The van der Waals surface area contributed by atoms with Crippen molar-refractivity contribution in [2.75, 3.05) is 0 Å². The van der Waals surface area contributed by atoms with E-state index in [0.717, 1.165) is 11.8 Å². The van der Waals surface area contributed by atoms with E-state index in [1.165, 1.54) is 0 Å². The first kappa shape index (κ1) is 12.1. The van der Waals surface area contributed by atoms with E-state index < -0.39 is 17.3 Å². The van der Waals surface area contributed by atoms with Crippen molar-refractivity contribution in [2.45, 2.75) is 29.9 Å². The molecule has 84 valence electrons. The summed E-state index contributed by atoms with van der Waals surface area (Å²) in [6.07, 6.45) is 2.96. The van der Waals surface area contributed by atoms with Gasteiger partial charge in [-0.3, -0.25) is 4.79 Å². The summed E-state index contributed by atoms with van der Waals surface area (Å²) in [5.74, 6) is -0.927. The topological polar surface area (TPSA) is 75.4 Å². The molecule has 0 unspecified atom stereocenters. The summed E-state index contributed by atoms with van der Waals surface area (Å²) in [5.41, 5.74) is 0. The molecule has 1 aromatic heterocycles. The average Bonchev–Trinajstić information content (AvgIpc) is 2.50. The first-order valence-corrected chi connectivity index (χ1v) is 5.43. The lowest BCUT2D eigenvalue weighted by molar-refractivity contribution is -0.136. The summed E-state index contributed by atoms with van der Waals surface area (Å²) in [5, 5.41) is 18.1. The molecule has 0 aliphatic heterocycles. The number of aliphatic hydroxyl groups is 1. The summed E-state index contributed by atoms with van der Waals surface area (Å²) in [7, 11) is 1.80. The molecule has 0 aromatic carbocycles. The normalized spacial score (nSPS) is 14.9. The van der Waals surface area contributed by atoms with Crippen LogP contribution in [0.3, 0.4) is 0 Å². The van der Waals surface area contributed by atoms with Crippen LogP contribution in [-0.4, -0.2) is 37.1 Å². The van der Waals surface area contributed by atoms with E-state index in [2.05, 4.69) is 4.98 Å². The number of imidazole rings is 1. The fraction of sp³-hybridized carbons (Fsp3) is 0.556. The Bertz CT molecular complexity index is 338. The van der Waals surface area contributed by atoms with Crippen LogP contribution in [0.1, 0.15) is 13.3 Å². The van der Waals surface area contributed by atoms with Gasteiger partial charge in [0, 0.05) is 19.4 Å². The van der Waals surface area contributed by atoms with Gasteiger partial charge in [-0.05, 0) is 13.3 Å². The molecule has 1 rings (SSSR count). The minimum Gasteiger partial charge on any atom is -0.480 e. The van der Waals surface area contributed by atoms with Crippen molar-refractivity contribution in [2.24, 2.45) is 7.05 Å². The van der Waals surface area contributed by atoms with Crippen LogP contribution in [-0.2, 0) is 11.8 Å². The number of nitrogens with zero attached hydrogens (tertiary/aromatic N) is 2. The number of carbonyl (C=O) groups is 1. The fourth-order valence-corrected chi connectivity index (χ4v) is 2.18. The van der Waals surface area contributed by atoms with E-state index >= 15 is 0 Å². The summed E-state index contributed by atoms with van der Waals surface area (Å²) in [6, 6.07) is 0. The molecule has 0 saturated carbocycles. The van der Waals surface area contributed by atoms with Gasteiger partial charge in [0.25, 0.3) is 0 Å². The van der Waals surface area contributed by atoms with Crippen molar-refractivity contribution < 1.29 is 15.0 Å². The lowest BCUT2D eigenvalue weighted by atomic mass is 10.2. The third-order valence-corrected chi connectivity index (χ3v) is 3.14. The molecule has 15 heavy (non-hydrogen) atoms. The zero-order chi connectivity index (χ0) is 11.4. The molecular weight excluding hydrogens is 216 g/mol. The Hall–Kier alpha value is -1.01. The number of thioether (sulfide) groups is 1. The van der Waals surface area contributed by atoms with Crippen LogP contribution in [0, 0.1) is 0 Å². The largest absolute Gasteiger partial charge is 0.480 e. The van der Waals surface area contributed by atoms with Crippen LogP contribution in [0.25, 0.3) is 0 Å². The molecule has 0 amide bonds. The van der Waals surface area contributed by atoms with Crippen LogP contribution in [0.4, 0.5) is 0 Å². The highest BCUT2D eigenvalue weighted by molar-refractivity contribution is 8.00. The number of carboxylic acids is 1. The molecule has 1 heterocycles. The molecule has 0 bridgehead atoms. The van der Waals surface area contributed by atoms with Crippen LogP contribution in [0.2, 0.25) is 0 Å². The number of aliphatic carboxylic acids is 1. The molecular formula is C9H14N2O3S. The predicted octanol–water partition coefficient (Wildman–Crippen LogP) is 0.736. The van der Waals surface area contributed by atoms with Gasteiger partial charge in [-0.15, -0.1) is 0 Å². The standard InChI is InChI=1S/C9H14N2O3S/c1-6(12)5-7(8(13)14)15-9-10-3-4-11(9)2/h3-4,6-7,12H,5H2,1-2H3,(H,13,14)/t6-,7+/m1/s1. The smallest absolute Gasteiger partial charge is 0.317 e. The summed E-state index contributed by atoms with van der Waals surface area (Å²) >= 11 is 1.15. The molecule has 2 atom stereocenters. The molecule has 0 saturated heterocycles. The van der Waals surface area contributed by atoms with Gasteiger partial charge in [-0.2, -0.15) is 0 Å². The van der Waals surface area contributed by atoms with Crippen molar-refractivity contribution >= 4 is 17.7 Å². The average molecular weight is 230 g/mol. The Balaban J connectivity index is 2.67. The number of hydrogen-bond acceptors (Lipinski definition) is 4. The van der Waals surface area contributed by atoms with Crippen molar-refractivity contribution in [3.05, 3.63) is 12.4 Å². The SMILES string of the molecule is C[C@@H](O)C[C@H](Sc1nccn1C)C(=O)O. The predicted molar refractivity (Wildman–Crippen MR) is 56.8 cm³/mol. The Morgan fingerprint density at radius 3 is 2.80 bits per heavy atom. The van der Waals surface area contributed by atoms with Gasteiger partial charge in [-0.25, -0.2) is 4.98 Å². The second kappa shape index (κ2) is 5.18. The van der Waals surface area contributed by atoms with Gasteiger partial charge in [0.15, 0.2) is 5.16 Å². The van der Waals surface area contributed by atoms with Gasteiger partial charge in [0.05, 0.1) is 6.10 Å². The van der Waals surface area contributed by atoms with Gasteiger partial charge in [-0.1, -0.05) is 11.8 Å². The highest BCUT2D eigenvalue weighted by Crippen LogP contribution is 2.24. The molecule has 0 aliphatic carbocycles. The third-order valence-electron chi connectivity index (χ3n) is 1.86. The van der Waals surface area contributed by atoms with E-state index in [-0.39, 0.29) is 6.42 Å². The highest BCUT2D eigenvalue weighted by atomic mass is 32.2. The minimum atomic E-state index is -0.927. The Morgan fingerprint density at radius 1 is 1.73 bits per heavy atom. The van der Waals surface area contributed by atoms with Crippen LogP contribution < -0.4 is 0 Å². The lowest BCUT2D eigenvalue weighted by Gasteiger charge is -2.12. The highest BCUT2D eigenvalue weighted by Gasteiger charge is 2.22. The molecule has 2 N–H and O–H groups in total. The number of aryl methyl sites for hydroxylation is 1. The molecule has 0 fully saturated rings. The quantitative estimate of drug-likeness (QED) is 0.730. The van der Waals surface area contributed by atoms with Gasteiger partial charge >= 0.3 is 5.97 Å². The Kier molecular flexibility index (Phi) is 4.16. The van der Waals surface area contributed by atoms with Crippen LogP contribution in [0.5, 0.6) is 0 Å². The number of aliphatic hydroxyl groups excluding tert-OH is 1. The van der Waals surface area contributed by atoms with E-state index in [4.69, 9.17) is 10.2 Å². The van der Waals surface area contributed by atoms with E-state index in [0.29, 0.717) is 5.16 Å². The van der Waals surface area contributed by atoms with E-state index in [9.17, 15) is 4.79 Å². The zero-order valence-electron chi connectivity index (χ0n) is 8.62. The first-order chi connectivity index (χ1) is 7.00.